The monoisotopic (exact) mass is 283 g/mol. The summed E-state index contributed by atoms with van der Waals surface area (Å²) in [4.78, 5) is 0. The molecule has 3 nitrogen and oxygen atoms in total. The Bertz CT molecular complexity index is 612. The number of hydrogen-bond donors (Lipinski definition) is 1. The van der Waals surface area contributed by atoms with Crippen LogP contribution >= 0.6 is 0 Å². The van der Waals surface area contributed by atoms with Crippen molar-refractivity contribution in [3.05, 3.63) is 59.7 Å². The van der Waals surface area contributed by atoms with Crippen LogP contribution in [0.3, 0.4) is 0 Å². The van der Waals surface area contributed by atoms with Gasteiger partial charge in [0.1, 0.15) is 11.5 Å². The van der Waals surface area contributed by atoms with Gasteiger partial charge in [0.05, 0.1) is 19.1 Å². The van der Waals surface area contributed by atoms with E-state index in [0.29, 0.717) is 25.2 Å². The predicted octanol–water partition coefficient (Wildman–Crippen LogP) is 3.52. The highest BCUT2D eigenvalue weighted by Crippen LogP contribution is 2.33. The van der Waals surface area contributed by atoms with Crippen molar-refractivity contribution in [3.8, 4) is 11.5 Å². The van der Waals surface area contributed by atoms with Gasteiger partial charge in [0.25, 0.3) is 0 Å². The molecule has 0 aromatic heterocycles. The van der Waals surface area contributed by atoms with Crippen molar-refractivity contribution in [3.63, 3.8) is 0 Å². The minimum atomic E-state index is 0.312. The lowest BCUT2D eigenvalue weighted by Gasteiger charge is -2.14. The first kappa shape index (κ1) is 14.0. The van der Waals surface area contributed by atoms with Gasteiger partial charge in [-0.25, -0.2) is 0 Å². The van der Waals surface area contributed by atoms with Gasteiger partial charge in [0.15, 0.2) is 0 Å². The van der Waals surface area contributed by atoms with Gasteiger partial charge in [-0.3, -0.25) is 0 Å². The highest BCUT2D eigenvalue weighted by molar-refractivity contribution is 5.40. The lowest BCUT2D eigenvalue weighted by Crippen LogP contribution is -2.13. The fourth-order valence-electron chi connectivity index (χ4n) is 2.60. The number of rotatable bonds is 5. The van der Waals surface area contributed by atoms with Crippen LogP contribution in [0, 0.1) is 0 Å². The van der Waals surface area contributed by atoms with Crippen LogP contribution in [0.5, 0.6) is 11.5 Å². The highest BCUT2D eigenvalue weighted by Gasteiger charge is 2.24. The third kappa shape index (κ3) is 3.03. The minimum Gasteiger partial charge on any atom is -0.493 e. The molecule has 3 rings (SSSR count). The normalized spacial score (nSPS) is 17.9. The number of hydrogen-bond acceptors (Lipinski definition) is 3. The van der Waals surface area contributed by atoms with E-state index in [-0.39, 0.29) is 0 Å². The highest BCUT2D eigenvalue weighted by atomic mass is 16.5. The van der Waals surface area contributed by atoms with Gasteiger partial charge in [-0.2, -0.15) is 0 Å². The standard InChI is InChI=1S/C18H21NO2/c1-13(19-2)14-6-5-7-16(10-14)20-11-15-12-21-18-9-4-3-8-17(15)18/h3-10,13,15,19H,11-12H2,1-2H3. The Morgan fingerprint density at radius 1 is 1.24 bits per heavy atom. The summed E-state index contributed by atoms with van der Waals surface area (Å²) in [5.74, 6) is 2.22. The lowest BCUT2D eigenvalue weighted by molar-refractivity contribution is 0.248. The van der Waals surface area contributed by atoms with Crippen LogP contribution in [0.15, 0.2) is 48.5 Å². The summed E-state index contributed by atoms with van der Waals surface area (Å²) in [5, 5.41) is 3.24. The van der Waals surface area contributed by atoms with Crippen molar-refractivity contribution in [2.24, 2.45) is 0 Å². The Morgan fingerprint density at radius 3 is 2.95 bits per heavy atom. The average Bonchev–Trinajstić information content (AvgIpc) is 2.95. The molecule has 0 bridgehead atoms. The molecule has 2 aromatic rings. The first-order valence-electron chi connectivity index (χ1n) is 7.39. The third-order valence-electron chi connectivity index (χ3n) is 4.04. The van der Waals surface area contributed by atoms with E-state index in [4.69, 9.17) is 9.47 Å². The van der Waals surface area contributed by atoms with Gasteiger partial charge in [0, 0.05) is 11.6 Å². The summed E-state index contributed by atoms with van der Waals surface area (Å²) in [6.07, 6.45) is 0. The summed E-state index contributed by atoms with van der Waals surface area (Å²) >= 11 is 0. The van der Waals surface area contributed by atoms with Crippen molar-refractivity contribution >= 4 is 0 Å². The zero-order valence-corrected chi connectivity index (χ0v) is 12.5. The molecule has 0 fully saturated rings. The fourth-order valence-corrected chi connectivity index (χ4v) is 2.60. The Morgan fingerprint density at radius 2 is 2.10 bits per heavy atom. The molecular weight excluding hydrogens is 262 g/mol. The third-order valence-corrected chi connectivity index (χ3v) is 4.04. The Hall–Kier alpha value is -2.00. The largest absolute Gasteiger partial charge is 0.493 e. The molecule has 0 spiro atoms. The summed E-state index contributed by atoms with van der Waals surface area (Å²) in [5.41, 5.74) is 2.48. The predicted molar refractivity (Wildman–Crippen MR) is 84.1 cm³/mol. The Balaban J connectivity index is 1.66. The molecule has 3 heteroatoms. The Labute approximate surface area is 125 Å². The maximum absolute atomic E-state index is 5.97. The summed E-state index contributed by atoms with van der Waals surface area (Å²) in [7, 11) is 1.96. The van der Waals surface area contributed by atoms with E-state index in [1.54, 1.807) is 0 Å². The quantitative estimate of drug-likeness (QED) is 0.910. The van der Waals surface area contributed by atoms with E-state index in [2.05, 4.69) is 36.5 Å². The van der Waals surface area contributed by atoms with Gasteiger partial charge in [0.2, 0.25) is 0 Å². The summed E-state index contributed by atoms with van der Waals surface area (Å²) in [6.45, 7) is 3.49. The fraction of sp³-hybridized carbons (Fsp3) is 0.333. The van der Waals surface area contributed by atoms with E-state index in [9.17, 15) is 0 Å². The van der Waals surface area contributed by atoms with Gasteiger partial charge in [-0.1, -0.05) is 30.3 Å². The van der Waals surface area contributed by atoms with E-state index >= 15 is 0 Å². The van der Waals surface area contributed by atoms with Crippen molar-refractivity contribution in [2.75, 3.05) is 20.3 Å². The maximum Gasteiger partial charge on any atom is 0.123 e. The van der Waals surface area contributed by atoms with E-state index < -0.39 is 0 Å². The van der Waals surface area contributed by atoms with Gasteiger partial charge >= 0.3 is 0 Å². The second-order valence-electron chi connectivity index (χ2n) is 5.44. The molecule has 1 aliphatic heterocycles. The average molecular weight is 283 g/mol. The zero-order valence-electron chi connectivity index (χ0n) is 12.5. The molecule has 0 radical (unpaired) electrons. The zero-order chi connectivity index (χ0) is 14.7. The molecule has 110 valence electrons. The van der Waals surface area contributed by atoms with Crippen molar-refractivity contribution < 1.29 is 9.47 Å². The van der Waals surface area contributed by atoms with Crippen LogP contribution in [0.4, 0.5) is 0 Å². The molecular formula is C18H21NO2. The van der Waals surface area contributed by atoms with E-state index in [1.165, 1.54) is 11.1 Å². The number of ether oxygens (including phenoxy) is 2. The van der Waals surface area contributed by atoms with Gasteiger partial charge < -0.3 is 14.8 Å². The first-order chi connectivity index (χ1) is 10.3. The van der Waals surface area contributed by atoms with Crippen LogP contribution in [0.25, 0.3) is 0 Å². The molecule has 0 saturated carbocycles. The molecule has 0 saturated heterocycles. The van der Waals surface area contributed by atoms with Crippen molar-refractivity contribution in [1.82, 2.24) is 5.32 Å². The number of nitrogens with one attached hydrogen (secondary N) is 1. The first-order valence-corrected chi connectivity index (χ1v) is 7.39. The molecule has 21 heavy (non-hydrogen) atoms. The van der Waals surface area contributed by atoms with Gasteiger partial charge in [-0.15, -0.1) is 0 Å². The molecule has 0 aliphatic carbocycles. The molecule has 1 aliphatic rings. The Kier molecular flexibility index (Phi) is 4.11. The van der Waals surface area contributed by atoms with Crippen LogP contribution in [0.1, 0.15) is 30.0 Å². The van der Waals surface area contributed by atoms with Crippen LogP contribution in [0.2, 0.25) is 0 Å². The van der Waals surface area contributed by atoms with Crippen molar-refractivity contribution in [1.29, 1.82) is 0 Å². The second kappa shape index (κ2) is 6.19. The molecule has 1 N–H and O–H groups in total. The minimum absolute atomic E-state index is 0.312. The molecule has 2 unspecified atom stereocenters. The molecule has 0 amide bonds. The number of para-hydroxylation sites is 1. The molecule has 2 aromatic carbocycles. The van der Waals surface area contributed by atoms with Crippen LogP contribution in [-0.4, -0.2) is 20.3 Å². The van der Waals surface area contributed by atoms with E-state index in [0.717, 1.165) is 11.5 Å². The smallest absolute Gasteiger partial charge is 0.123 e. The van der Waals surface area contributed by atoms with Crippen LogP contribution < -0.4 is 14.8 Å². The summed E-state index contributed by atoms with van der Waals surface area (Å²) < 4.78 is 11.7. The molecule has 2 atom stereocenters. The lowest BCUT2D eigenvalue weighted by atomic mass is 10.0. The number of fused-ring (bicyclic) bond motifs is 1. The SMILES string of the molecule is CNC(C)c1cccc(OCC2COc3ccccc32)c1. The number of benzene rings is 2. The van der Waals surface area contributed by atoms with Gasteiger partial charge in [-0.05, 0) is 37.7 Å². The molecule has 1 heterocycles. The topological polar surface area (TPSA) is 30.5 Å². The van der Waals surface area contributed by atoms with Crippen LogP contribution in [-0.2, 0) is 0 Å². The van der Waals surface area contributed by atoms with E-state index in [1.807, 2.05) is 31.3 Å². The van der Waals surface area contributed by atoms with Crippen molar-refractivity contribution in [2.45, 2.75) is 18.9 Å². The summed E-state index contributed by atoms with van der Waals surface area (Å²) in [6, 6.07) is 16.8. The second-order valence-corrected chi connectivity index (χ2v) is 5.44. The maximum atomic E-state index is 5.97.